The molecule has 0 unspecified atom stereocenters. The van der Waals surface area contributed by atoms with Crippen LogP contribution in [-0.2, 0) is 4.79 Å². The molecule has 7 nitrogen and oxygen atoms in total. The third kappa shape index (κ3) is 3.55. The Morgan fingerprint density at radius 2 is 1.90 bits per heavy atom. The molecular formula is C21H14ClN3O4. The van der Waals surface area contributed by atoms with Crippen LogP contribution in [-0.4, -0.2) is 16.5 Å². The van der Waals surface area contributed by atoms with Gasteiger partial charge in [0.25, 0.3) is 11.6 Å². The molecule has 0 atom stereocenters. The Labute approximate surface area is 170 Å². The summed E-state index contributed by atoms with van der Waals surface area (Å²) >= 11 is 5.86. The lowest BCUT2D eigenvalue weighted by molar-refractivity contribution is -0.384. The van der Waals surface area contributed by atoms with Gasteiger partial charge in [0.05, 0.1) is 21.9 Å². The quantitative estimate of drug-likeness (QED) is 0.333. The first-order valence-electron chi connectivity index (χ1n) is 8.65. The van der Waals surface area contributed by atoms with E-state index >= 15 is 0 Å². The molecule has 144 valence electrons. The summed E-state index contributed by atoms with van der Waals surface area (Å²) in [6.45, 7) is 1.75. The molecule has 1 aromatic heterocycles. The summed E-state index contributed by atoms with van der Waals surface area (Å²) < 4.78 is 5.78. The molecule has 2 aromatic carbocycles. The topological polar surface area (TPSA) is 89.0 Å². The van der Waals surface area contributed by atoms with Gasteiger partial charge in [0, 0.05) is 11.6 Å². The van der Waals surface area contributed by atoms with Crippen molar-refractivity contribution in [2.75, 3.05) is 5.01 Å². The Balaban J connectivity index is 1.63. The monoisotopic (exact) mass is 407 g/mol. The number of halogens is 1. The molecule has 0 aliphatic carbocycles. The van der Waals surface area contributed by atoms with Gasteiger partial charge in [0.2, 0.25) is 0 Å². The maximum absolute atomic E-state index is 12.8. The van der Waals surface area contributed by atoms with E-state index in [0.717, 1.165) is 0 Å². The molecule has 2 heterocycles. The van der Waals surface area contributed by atoms with Crippen LogP contribution in [0, 0.1) is 10.1 Å². The summed E-state index contributed by atoms with van der Waals surface area (Å²) in [7, 11) is 0. The van der Waals surface area contributed by atoms with Crippen LogP contribution in [0.2, 0.25) is 5.02 Å². The first kappa shape index (κ1) is 18.6. The average Bonchev–Trinajstić information content (AvgIpc) is 3.29. The molecule has 4 rings (SSSR count). The molecule has 0 radical (unpaired) electrons. The van der Waals surface area contributed by atoms with Crippen LogP contribution < -0.4 is 5.01 Å². The number of para-hydroxylation sites is 1. The lowest BCUT2D eigenvalue weighted by Crippen LogP contribution is -2.21. The van der Waals surface area contributed by atoms with Gasteiger partial charge in [-0.2, -0.15) is 10.1 Å². The van der Waals surface area contributed by atoms with E-state index in [1.165, 1.54) is 17.1 Å². The number of benzene rings is 2. The van der Waals surface area contributed by atoms with Crippen molar-refractivity contribution >= 4 is 40.7 Å². The summed E-state index contributed by atoms with van der Waals surface area (Å²) in [5.74, 6) is 0.607. The Morgan fingerprint density at radius 1 is 1.14 bits per heavy atom. The molecule has 3 aromatic rings. The summed E-state index contributed by atoms with van der Waals surface area (Å²) in [5, 5.41) is 16.8. The fourth-order valence-electron chi connectivity index (χ4n) is 2.96. The summed E-state index contributed by atoms with van der Waals surface area (Å²) in [4.78, 5) is 23.3. The Bertz CT molecular complexity index is 1180. The number of anilines is 1. The number of rotatable bonds is 4. The smallest absolute Gasteiger partial charge is 0.288 e. The van der Waals surface area contributed by atoms with Gasteiger partial charge in [-0.15, -0.1) is 0 Å². The lowest BCUT2D eigenvalue weighted by Gasteiger charge is -2.10. The van der Waals surface area contributed by atoms with E-state index in [-0.39, 0.29) is 16.6 Å². The van der Waals surface area contributed by atoms with Gasteiger partial charge in [-0.05, 0) is 49.4 Å². The highest BCUT2D eigenvalue weighted by Crippen LogP contribution is 2.32. The fraction of sp³-hybridized carbons (Fsp3) is 0.0476. The Kier molecular flexibility index (Phi) is 4.74. The number of hydrogen-bond acceptors (Lipinski definition) is 5. The lowest BCUT2D eigenvalue weighted by atomic mass is 10.1. The maximum atomic E-state index is 12.8. The van der Waals surface area contributed by atoms with Crippen LogP contribution >= 0.6 is 11.6 Å². The van der Waals surface area contributed by atoms with E-state index in [0.29, 0.717) is 34.1 Å². The number of nitrogens with zero attached hydrogens (tertiary/aromatic N) is 3. The van der Waals surface area contributed by atoms with Gasteiger partial charge in [0.15, 0.2) is 0 Å². The number of carbonyl (C=O) groups is 1. The minimum Gasteiger partial charge on any atom is -0.457 e. The Hall–Kier alpha value is -3.71. The highest BCUT2D eigenvalue weighted by Gasteiger charge is 2.29. The van der Waals surface area contributed by atoms with Gasteiger partial charge in [0.1, 0.15) is 16.5 Å². The summed E-state index contributed by atoms with van der Waals surface area (Å²) in [6.07, 6.45) is 1.61. The molecule has 0 saturated heterocycles. The number of nitro benzene ring substituents is 1. The zero-order valence-corrected chi connectivity index (χ0v) is 16.0. The molecule has 1 amide bonds. The highest BCUT2D eigenvalue weighted by molar-refractivity contribution is 6.33. The first-order chi connectivity index (χ1) is 13.9. The number of hydrogen-bond donors (Lipinski definition) is 0. The minimum atomic E-state index is -0.549. The number of carbonyl (C=O) groups excluding carboxylic acids is 1. The third-order valence-electron chi connectivity index (χ3n) is 4.40. The van der Waals surface area contributed by atoms with Crippen molar-refractivity contribution in [3.8, 4) is 11.3 Å². The second-order valence-corrected chi connectivity index (χ2v) is 6.73. The van der Waals surface area contributed by atoms with Gasteiger partial charge in [-0.25, -0.2) is 0 Å². The van der Waals surface area contributed by atoms with Crippen molar-refractivity contribution in [1.29, 1.82) is 0 Å². The SMILES string of the molecule is CC1=NN(c2ccccc2)C(=O)/C1=C/c1ccc(-c2ccc(Cl)c([N+](=O)[O-])c2)o1. The van der Waals surface area contributed by atoms with E-state index in [2.05, 4.69) is 5.10 Å². The zero-order chi connectivity index (χ0) is 20.5. The van der Waals surface area contributed by atoms with Crippen LogP contribution in [0.5, 0.6) is 0 Å². The standard InChI is InChI=1S/C21H14ClN3O4/c1-13-17(21(26)24(23-13)15-5-3-2-4-6-15)12-16-8-10-20(29-16)14-7-9-18(22)19(11-14)25(27)28/h2-12H,1H3/b17-12+. The zero-order valence-electron chi connectivity index (χ0n) is 15.2. The molecule has 0 bridgehead atoms. The van der Waals surface area contributed by atoms with Crippen molar-refractivity contribution in [1.82, 2.24) is 0 Å². The van der Waals surface area contributed by atoms with Gasteiger partial charge >= 0.3 is 0 Å². The van der Waals surface area contributed by atoms with Crippen molar-refractivity contribution in [3.63, 3.8) is 0 Å². The Morgan fingerprint density at radius 3 is 2.62 bits per heavy atom. The third-order valence-corrected chi connectivity index (χ3v) is 4.72. The van der Waals surface area contributed by atoms with Crippen molar-refractivity contribution in [2.45, 2.75) is 6.92 Å². The molecule has 8 heteroatoms. The van der Waals surface area contributed by atoms with Gasteiger partial charge < -0.3 is 4.42 Å². The second kappa shape index (κ2) is 7.37. The molecule has 1 aliphatic heterocycles. The average molecular weight is 408 g/mol. The van der Waals surface area contributed by atoms with Crippen molar-refractivity contribution < 1.29 is 14.1 Å². The summed E-state index contributed by atoms with van der Waals surface area (Å²) in [6, 6.07) is 16.9. The van der Waals surface area contributed by atoms with E-state index in [1.807, 2.05) is 18.2 Å². The highest BCUT2D eigenvalue weighted by atomic mass is 35.5. The molecular weight excluding hydrogens is 394 g/mol. The van der Waals surface area contributed by atoms with Gasteiger partial charge in [-0.1, -0.05) is 29.8 Å². The molecule has 0 fully saturated rings. The number of nitro groups is 1. The largest absolute Gasteiger partial charge is 0.457 e. The molecule has 0 saturated carbocycles. The van der Waals surface area contributed by atoms with Crippen LogP contribution in [0.15, 0.2) is 75.8 Å². The van der Waals surface area contributed by atoms with E-state index in [1.54, 1.807) is 43.3 Å². The predicted octanol–water partition coefficient (Wildman–Crippen LogP) is 5.31. The van der Waals surface area contributed by atoms with E-state index in [9.17, 15) is 14.9 Å². The molecule has 0 N–H and O–H groups in total. The number of hydrazone groups is 1. The molecule has 1 aliphatic rings. The second-order valence-electron chi connectivity index (χ2n) is 6.32. The normalized spacial score (nSPS) is 15.1. The maximum Gasteiger partial charge on any atom is 0.288 e. The number of amides is 1. The summed E-state index contributed by atoms with van der Waals surface area (Å²) in [5.41, 5.74) is 1.97. The van der Waals surface area contributed by atoms with E-state index < -0.39 is 4.92 Å². The fourth-order valence-corrected chi connectivity index (χ4v) is 3.15. The molecule has 0 spiro atoms. The van der Waals surface area contributed by atoms with Crippen molar-refractivity contribution in [2.24, 2.45) is 5.10 Å². The van der Waals surface area contributed by atoms with Crippen LogP contribution in [0.25, 0.3) is 17.4 Å². The van der Waals surface area contributed by atoms with Crippen molar-refractivity contribution in [3.05, 3.63) is 87.1 Å². The predicted molar refractivity (Wildman–Crippen MR) is 111 cm³/mol. The minimum absolute atomic E-state index is 0.0528. The van der Waals surface area contributed by atoms with E-state index in [4.69, 9.17) is 16.0 Å². The molecule has 29 heavy (non-hydrogen) atoms. The first-order valence-corrected chi connectivity index (χ1v) is 9.03. The van der Waals surface area contributed by atoms with Crippen LogP contribution in [0.3, 0.4) is 0 Å². The van der Waals surface area contributed by atoms with Gasteiger partial charge in [-0.3, -0.25) is 14.9 Å². The number of furan rings is 1. The van der Waals surface area contributed by atoms with Crippen LogP contribution in [0.4, 0.5) is 11.4 Å². The van der Waals surface area contributed by atoms with Crippen LogP contribution in [0.1, 0.15) is 12.7 Å².